The molecule has 0 spiro atoms. The van der Waals surface area contributed by atoms with E-state index in [0.717, 1.165) is 24.6 Å². The molecule has 3 aromatic rings. The molecular formula is C21H20FN5O3. The van der Waals surface area contributed by atoms with Crippen molar-refractivity contribution in [2.75, 3.05) is 18.0 Å². The molecule has 2 aromatic carbocycles. The second kappa shape index (κ2) is 7.94. The first-order valence-electron chi connectivity index (χ1n) is 9.57. The van der Waals surface area contributed by atoms with E-state index in [9.17, 15) is 19.3 Å². The van der Waals surface area contributed by atoms with Gasteiger partial charge in [0, 0.05) is 25.2 Å². The fourth-order valence-electron chi connectivity index (χ4n) is 3.92. The number of nitro groups is 1. The van der Waals surface area contributed by atoms with Crippen molar-refractivity contribution in [1.82, 2.24) is 9.78 Å². The molecule has 30 heavy (non-hydrogen) atoms. The summed E-state index contributed by atoms with van der Waals surface area (Å²) in [6, 6.07) is 12.9. The Morgan fingerprint density at radius 1 is 1.23 bits per heavy atom. The Morgan fingerprint density at radius 2 is 2.00 bits per heavy atom. The zero-order valence-electron chi connectivity index (χ0n) is 16.1. The molecule has 1 aliphatic rings. The van der Waals surface area contributed by atoms with Gasteiger partial charge in [-0.15, -0.1) is 0 Å². The van der Waals surface area contributed by atoms with E-state index in [4.69, 9.17) is 5.73 Å². The average Bonchev–Trinajstić information content (AvgIpc) is 3.20. The van der Waals surface area contributed by atoms with E-state index < -0.39 is 16.6 Å². The lowest BCUT2D eigenvalue weighted by molar-refractivity contribution is -0.384. The molecule has 2 heterocycles. The second-order valence-electron chi connectivity index (χ2n) is 7.25. The molecule has 9 heteroatoms. The van der Waals surface area contributed by atoms with E-state index in [-0.39, 0.29) is 11.6 Å². The number of carbonyl (C=O) groups excluding carboxylic acids is 1. The van der Waals surface area contributed by atoms with Gasteiger partial charge >= 0.3 is 0 Å². The second-order valence-corrected chi connectivity index (χ2v) is 7.25. The first kappa shape index (κ1) is 19.6. The minimum Gasteiger partial charge on any atom is -0.365 e. The molecule has 1 atom stereocenters. The lowest BCUT2D eigenvalue weighted by atomic mass is 9.92. The van der Waals surface area contributed by atoms with Gasteiger partial charge in [-0.3, -0.25) is 14.9 Å². The lowest BCUT2D eigenvalue weighted by Crippen LogP contribution is -2.35. The highest BCUT2D eigenvalue weighted by Crippen LogP contribution is 2.35. The van der Waals surface area contributed by atoms with Gasteiger partial charge in [0.05, 0.1) is 27.9 Å². The summed E-state index contributed by atoms with van der Waals surface area (Å²) >= 11 is 0. The molecule has 154 valence electrons. The van der Waals surface area contributed by atoms with Crippen molar-refractivity contribution in [1.29, 1.82) is 0 Å². The Kier molecular flexibility index (Phi) is 5.18. The summed E-state index contributed by atoms with van der Waals surface area (Å²) in [4.78, 5) is 24.7. The summed E-state index contributed by atoms with van der Waals surface area (Å²) < 4.78 is 15.2. The van der Waals surface area contributed by atoms with Crippen LogP contribution < -0.4 is 10.6 Å². The van der Waals surface area contributed by atoms with Crippen LogP contribution in [0.2, 0.25) is 0 Å². The first-order chi connectivity index (χ1) is 14.4. The first-order valence-corrected chi connectivity index (χ1v) is 9.57. The number of nitrogens with zero attached hydrogens (tertiary/aromatic N) is 4. The van der Waals surface area contributed by atoms with Gasteiger partial charge in [0.1, 0.15) is 11.5 Å². The predicted molar refractivity (Wildman–Crippen MR) is 109 cm³/mol. The number of anilines is 1. The van der Waals surface area contributed by atoms with Gasteiger partial charge in [0.15, 0.2) is 0 Å². The van der Waals surface area contributed by atoms with Gasteiger partial charge in [0.25, 0.3) is 11.6 Å². The number of benzene rings is 2. The number of piperidine rings is 1. The van der Waals surface area contributed by atoms with Crippen molar-refractivity contribution in [2.24, 2.45) is 5.73 Å². The largest absolute Gasteiger partial charge is 0.365 e. The molecule has 4 rings (SSSR count). The molecule has 0 aliphatic carbocycles. The smallest absolute Gasteiger partial charge is 0.295 e. The van der Waals surface area contributed by atoms with Gasteiger partial charge in [-0.25, -0.2) is 9.07 Å². The van der Waals surface area contributed by atoms with Crippen molar-refractivity contribution in [3.8, 4) is 5.69 Å². The Bertz CT molecular complexity index is 1100. The normalized spacial score (nSPS) is 16.4. The number of hydrogen-bond donors (Lipinski definition) is 1. The minimum absolute atomic E-state index is 0.143. The van der Waals surface area contributed by atoms with Crippen LogP contribution in [0.5, 0.6) is 0 Å². The molecule has 0 radical (unpaired) electrons. The molecule has 0 bridgehead atoms. The van der Waals surface area contributed by atoms with E-state index in [0.29, 0.717) is 30.0 Å². The average molecular weight is 409 g/mol. The maximum Gasteiger partial charge on any atom is 0.295 e. The number of amides is 1. The number of rotatable bonds is 5. The van der Waals surface area contributed by atoms with Gasteiger partial charge < -0.3 is 10.6 Å². The standard InChI is InChI=1S/C21H20FN5O3/c22-15-8-9-18(19(11-15)27(29)30)25-10-4-5-14(12-25)20-17(21(23)28)13-26(24-20)16-6-2-1-3-7-16/h1-3,6-9,11,13-14H,4-5,10,12H2,(H2,23,28)/t14-/m0/s1. The third-order valence-corrected chi connectivity index (χ3v) is 5.31. The number of primary amides is 1. The summed E-state index contributed by atoms with van der Waals surface area (Å²) in [6.45, 7) is 1.01. The molecule has 0 saturated carbocycles. The summed E-state index contributed by atoms with van der Waals surface area (Å²) in [6.07, 6.45) is 3.12. The molecule has 1 saturated heterocycles. The lowest BCUT2D eigenvalue weighted by Gasteiger charge is -2.33. The summed E-state index contributed by atoms with van der Waals surface area (Å²) in [5, 5.41) is 16.0. The van der Waals surface area contributed by atoms with Crippen LogP contribution >= 0.6 is 0 Å². The number of hydrogen-bond acceptors (Lipinski definition) is 5. The van der Waals surface area contributed by atoms with E-state index in [1.165, 1.54) is 12.1 Å². The Hall–Kier alpha value is -3.75. The van der Waals surface area contributed by atoms with Gasteiger partial charge in [-0.1, -0.05) is 18.2 Å². The van der Waals surface area contributed by atoms with E-state index in [1.54, 1.807) is 10.9 Å². The van der Waals surface area contributed by atoms with Crippen LogP contribution in [0, 0.1) is 15.9 Å². The Morgan fingerprint density at radius 3 is 2.70 bits per heavy atom. The van der Waals surface area contributed by atoms with Crippen molar-refractivity contribution in [3.63, 3.8) is 0 Å². The molecule has 2 N–H and O–H groups in total. The number of para-hydroxylation sites is 1. The monoisotopic (exact) mass is 409 g/mol. The number of nitrogens with two attached hydrogens (primary N) is 1. The minimum atomic E-state index is -0.656. The van der Waals surface area contributed by atoms with Crippen LogP contribution in [0.15, 0.2) is 54.7 Å². The van der Waals surface area contributed by atoms with Crippen LogP contribution in [-0.4, -0.2) is 33.7 Å². The number of halogens is 1. The summed E-state index contributed by atoms with van der Waals surface area (Å²) in [5.74, 6) is -1.37. The highest BCUT2D eigenvalue weighted by atomic mass is 19.1. The Balaban J connectivity index is 1.68. The van der Waals surface area contributed by atoms with Crippen LogP contribution in [0.3, 0.4) is 0 Å². The van der Waals surface area contributed by atoms with Crippen LogP contribution in [-0.2, 0) is 0 Å². The topological polar surface area (TPSA) is 107 Å². The predicted octanol–water partition coefficient (Wildman–Crippen LogP) is 3.40. The van der Waals surface area contributed by atoms with Crippen LogP contribution in [0.1, 0.15) is 34.8 Å². The van der Waals surface area contributed by atoms with Crippen molar-refractivity contribution in [3.05, 3.63) is 81.9 Å². The van der Waals surface area contributed by atoms with Gasteiger partial charge in [-0.05, 0) is 37.1 Å². The zero-order valence-corrected chi connectivity index (χ0v) is 16.1. The molecule has 1 amide bonds. The third-order valence-electron chi connectivity index (χ3n) is 5.31. The van der Waals surface area contributed by atoms with E-state index in [1.807, 2.05) is 35.2 Å². The zero-order chi connectivity index (χ0) is 21.3. The van der Waals surface area contributed by atoms with E-state index >= 15 is 0 Å². The number of carbonyl (C=O) groups is 1. The van der Waals surface area contributed by atoms with Gasteiger partial charge in [-0.2, -0.15) is 5.10 Å². The van der Waals surface area contributed by atoms with Crippen molar-refractivity contribution < 1.29 is 14.1 Å². The Labute approximate surface area is 171 Å². The molecule has 0 unspecified atom stereocenters. The fourth-order valence-corrected chi connectivity index (χ4v) is 3.92. The maximum absolute atomic E-state index is 13.5. The van der Waals surface area contributed by atoms with Crippen molar-refractivity contribution >= 4 is 17.3 Å². The maximum atomic E-state index is 13.5. The molecule has 1 fully saturated rings. The fraction of sp³-hybridized carbons (Fsp3) is 0.238. The third kappa shape index (κ3) is 3.73. The van der Waals surface area contributed by atoms with Crippen LogP contribution in [0.4, 0.5) is 15.8 Å². The molecule has 1 aromatic heterocycles. The highest BCUT2D eigenvalue weighted by Gasteiger charge is 2.30. The highest BCUT2D eigenvalue weighted by molar-refractivity contribution is 5.94. The van der Waals surface area contributed by atoms with Crippen LogP contribution in [0.25, 0.3) is 5.69 Å². The number of aromatic nitrogens is 2. The molecule has 8 nitrogen and oxygen atoms in total. The van der Waals surface area contributed by atoms with Crippen molar-refractivity contribution in [2.45, 2.75) is 18.8 Å². The number of nitro benzene ring substituents is 1. The van der Waals surface area contributed by atoms with E-state index in [2.05, 4.69) is 5.10 Å². The van der Waals surface area contributed by atoms with Gasteiger partial charge in [0.2, 0.25) is 0 Å². The quantitative estimate of drug-likeness (QED) is 0.513. The summed E-state index contributed by atoms with van der Waals surface area (Å²) in [7, 11) is 0. The molecule has 1 aliphatic heterocycles. The SMILES string of the molecule is NC(=O)c1cn(-c2ccccc2)nc1[C@H]1CCCN(c2ccc(F)cc2[N+](=O)[O-])C1. The summed E-state index contributed by atoms with van der Waals surface area (Å²) in [5.41, 5.74) is 7.38. The molecular weight excluding hydrogens is 389 g/mol.